The van der Waals surface area contributed by atoms with E-state index in [9.17, 15) is 5.11 Å². The fourth-order valence-corrected chi connectivity index (χ4v) is 2.21. The van der Waals surface area contributed by atoms with E-state index in [0.717, 1.165) is 11.1 Å². The average Bonchev–Trinajstić information content (AvgIpc) is 2.54. The summed E-state index contributed by atoms with van der Waals surface area (Å²) in [5, 5.41) is 10.2. The number of nitrogens with zero attached hydrogens (tertiary/aromatic N) is 1. The molecule has 5 heteroatoms. The Morgan fingerprint density at radius 1 is 1.19 bits per heavy atom. The second-order valence-electron chi connectivity index (χ2n) is 7.01. The van der Waals surface area contributed by atoms with Crippen LogP contribution in [0.4, 0.5) is 0 Å². The van der Waals surface area contributed by atoms with Crippen molar-refractivity contribution in [2.75, 3.05) is 0 Å². The average molecular weight is 289 g/mol. The lowest BCUT2D eigenvalue weighted by molar-refractivity contribution is 0.00578. The van der Waals surface area contributed by atoms with E-state index in [2.05, 4.69) is 4.98 Å². The Bertz CT molecular complexity index is 531. The maximum Gasteiger partial charge on any atom is 0.487 e. The predicted molar refractivity (Wildman–Crippen MR) is 84.6 cm³/mol. The van der Waals surface area contributed by atoms with E-state index in [0.29, 0.717) is 0 Å². The van der Waals surface area contributed by atoms with Gasteiger partial charge in [-0.3, -0.25) is 4.98 Å². The van der Waals surface area contributed by atoms with Gasteiger partial charge in [-0.15, -0.1) is 0 Å². The summed E-state index contributed by atoms with van der Waals surface area (Å²) in [6.45, 7) is 11.6. The van der Waals surface area contributed by atoms with Gasteiger partial charge in [-0.2, -0.15) is 0 Å². The van der Waals surface area contributed by atoms with E-state index >= 15 is 0 Å². The number of aliphatic hydroxyl groups is 1. The van der Waals surface area contributed by atoms with Gasteiger partial charge in [0.2, 0.25) is 0 Å². The number of hydrogen-bond acceptors (Lipinski definition) is 4. The van der Waals surface area contributed by atoms with Crippen molar-refractivity contribution in [3.8, 4) is 0 Å². The van der Waals surface area contributed by atoms with Crippen LogP contribution in [0.5, 0.6) is 0 Å². The summed E-state index contributed by atoms with van der Waals surface area (Å²) in [5.41, 5.74) is 0.0488. The molecule has 0 atom stereocenters. The molecule has 1 fully saturated rings. The minimum atomic E-state index is -0.941. The third-order valence-corrected chi connectivity index (χ3v) is 4.22. The van der Waals surface area contributed by atoms with Crippen LogP contribution in [-0.4, -0.2) is 28.4 Å². The quantitative estimate of drug-likeness (QED) is 0.869. The third kappa shape index (κ3) is 3.36. The lowest BCUT2D eigenvalue weighted by atomic mass is 9.87. The first-order valence-electron chi connectivity index (χ1n) is 7.24. The van der Waals surface area contributed by atoms with Crippen LogP contribution < -0.4 is 0 Å². The Labute approximate surface area is 127 Å². The van der Waals surface area contributed by atoms with Gasteiger partial charge < -0.3 is 14.4 Å². The van der Waals surface area contributed by atoms with Gasteiger partial charge in [-0.05, 0) is 53.2 Å². The van der Waals surface area contributed by atoms with Crippen molar-refractivity contribution >= 4 is 13.2 Å². The van der Waals surface area contributed by atoms with Crippen LogP contribution in [0, 0.1) is 0 Å². The van der Waals surface area contributed by atoms with E-state index in [4.69, 9.17) is 9.31 Å². The summed E-state index contributed by atoms with van der Waals surface area (Å²) in [4.78, 5) is 4.08. The second kappa shape index (κ2) is 5.23. The van der Waals surface area contributed by atoms with Crippen molar-refractivity contribution in [3.05, 3.63) is 35.6 Å². The normalized spacial score (nSPS) is 21.2. The van der Waals surface area contributed by atoms with Gasteiger partial charge in [0.05, 0.1) is 16.8 Å². The number of aromatic nitrogens is 1. The first-order chi connectivity index (χ1) is 9.53. The zero-order valence-corrected chi connectivity index (χ0v) is 13.7. The summed E-state index contributed by atoms with van der Waals surface area (Å²) in [5.74, 6) is 1.88. The summed E-state index contributed by atoms with van der Waals surface area (Å²) >= 11 is 0. The fraction of sp³-hybridized carbons (Fsp3) is 0.562. The molecule has 2 heterocycles. The van der Waals surface area contributed by atoms with E-state index < -0.39 is 12.7 Å². The zero-order chi connectivity index (χ0) is 15.9. The summed E-state index contributed by atoms with van der Waals surface area (Å²) in [6.07, 6.45) is 5.31. The highest BCUT2D eigenvalue weighted by molar-refractivity contribution is 6.52. The topological polar surface area (TPSA) is 51.6 Å². The van der Waals surface area contributed by atoms with E-state index in [1.807, 2.05) is 45.8 Å². The molecule has 0 bridgehead atoms. The molecule has 0 unspecified atom stereocenters. The molecule has 0 amide bonds. The lowest BCUT2D eigenvalue weighted by Gasteiger charge is -2.32. The first-order valence-corrected chi connectivity index (χ1v) is 7.24. The molecular weight excluding hydrogens is 265 g/mol. The molecule has 1 aromatic rings. The van der Waals surface area contributed by atoms with Crippen molar-refractivity contribution in [2.45, 2.75) is 58.3 Å². The van der Waals surface area contributed by atoms with E-state index in [1.54, 1.807) is 26.2 Å². The van der Waals surface area contributed by atoms with Crippen molar-refractivity contribution < 1.29 is 14.4 Å². The molecule has 0 spiro atoms. The smallest absolute Gasteiger partial charge is 0.400 e. The Morgan fingerprint density at radius 2 is 1.76 bits per heavy atom. The maximum absolute atomic E-state index is 10.2. The number of pyridine rings is 1. The van der Waals surface area contributed by atoms with Crippen molar-refractivity contribution in [3.63, 3.8) is 0 Å². The number of hydrogen-bond donors (Lipinski definition) is 1. The molecular formula is C16H24BNO3. The Hall–Kier alpha value is -1.17. The van der Waals surface area contributed by atoms with Gasteiger partial charge in [0.25, 0.3) is 0 Å². The predicted octanol–water partition coefficient (Wildman–Crippen LogP) is 2.95. The zero-order valence-electron chi connectivity index (χ0n) is 13.7. The van der Waals surface area contributed by atoms with Gasteiger partial charge in [0.15, 0.2) is 0 Å². The van der Waals surface area contributed by atoms with E-state index in [1.165, 1.54) is 0 Å². The maximum atomic E-state index is 10.2. The molecule has 1 aliphatic heterocycles. The molecule has 21 heavy (non-hydrogen) atoms. The highest BCUT2D eigenvalue weighted by Crippen LogP contribution is 2.37. The standard InChI is InChI=1S/C16H24BNO3/c1-14(2,19)13-11-18-10-8-12(13)7-9-17-20-15(3,4)16(5,6)21-17/h7-11,19H,1-6H3/b9-7+. The Kier molecular flexibility index (Phi) is 4.04. The molecule has 2 rings (SSSR count). The van der Waals surface area contributed by atoms with Crippen LogP contribution in [0.1, 0.15) is 52.7 Å². The monoisotopic (exact) mass is 289 g/mol. The minimum Gasteiger partial charge on any atom is -0.400 e. The Balaban J connectivity index is 2.21. The second-order valence-corrected chi connectivity index (χ2v) is 7.01. The fourth-order valence-electron chi connectivity index (χ4n) is 2.21. The van der Waals surface area contributed by atoms with Crippen LogP contribution in [0.3, 0.4) is 0 Å². The van der Waals surface area contributed by atoms with Gasteiger partial charge >= 0.3 is 7.12 Å². The largest absolute Gasteiger partial charge is 0.487 e. The lowest BCUT2D eigenvalue weighted by Crippen LogP contribution is -2.41. The SMILES string of the molecule is CC(C)(O)c1cnccc1/C=C/B1OC(C)(C)C(C)(C)O1. The summed E-state index contributed by atoms with van der Waals surface area (Å²) in [6, 6.07) is 1.87. The van der Waals surface area contributed by atoms with E-state index in [-0.39, 0.29) is 11.2 Å². The van der Waals surface area contributed by atoms with Crippen molar-refractivity contribution in [1.29, 1.82) is 0 Å². The molecule has 1 aromatic heterocycles. The molecule has 0 saturated carbocycles. The highest BCUT2D eigenvalue weighted by atomic mass is 16.7. The van der Waals surface area contributed by atoms with Crippen LogP contribution in [0.2, 0.25) is 0 Å². The molecule has 0 aliphatic carbocycles. The summed E-state index contributed by atoms with van der Waals surface area (Å²) < 4.78 is 11.8. The third-order valence-electron chi connectivity index (χ3n) is 4.22. The van der Waals surface area contributed by atoms with Gasteiger partial charge in [-0.1, -0.05) is 12.1 Å². The molecule has 114 valence electrons. The molecule has 1 N–H and O–H groups in total. The molecule has 0 radical (unpaired) electrons. The molecule has 0 aromatic carbocycles. The molecule has 1 saturated heterocycles. The van der Waals surface area contributed by atoms with Crippen LogP contribution >= 0.6 is 0 Å². The van der Waals surface area contributed by atoms with Crippen LogP contribution in [0.15, 0.2) is 24.4 Å². The first kappa shape index (κ1) is 16.2. The highest BCUT2D eigenvalue weighted by Gasteiger charge is 2.50. The minimum absolute atomic E-state index is 0.348. The van der Waals surface area contributed by atoms with Crippen molar-refractivity contribution in [1.82, 2.24) is 4.98 Å². The van der Waals surface area contributed by atoms with Gasteiger partial charge in [0, 0.05) is 18.0 Å². The summed E-state index contributed by atoms with van der Waals surface area (Å²) in [7, 11) is -0.391. The Morgan fingerprint density at radius 3 is 2.29 bits per heavy atom. The molecule has 1 aliphatic rings. The van der Waals surface area contributed by atoms with Gasteiger partial charge in [0.1, 0.15) is 0 Å². The van der Waals surface area contributed by atoms with Crippen LogP contribution in [-0.2, 0) is 14.9 Å². The number of rotatable bonds is 3. The van der Waals surface area contributed by atoms with Crippen molar-refractivity contribution in [2.24, 2.45) is 0 Å². The van der Waals surface area contributed by atoms with Crippen LogP contribution in [0.25, 0.3) is 6.08 Å². The van der Waals surface area contributed by atoms with Gasteiger partial charge in [-0.25, -0.2) is 0 Å². The molecule has 4 nitrogen and oxygen atoms in total.